The minimum Gasteiger partial charge on any atom is -0.413 e. The number of fused-ring (bicyclic) bond motifs is 2. The zero-order chi connectivity index (χ0) is 20.2. The lowest BCUT2D eigenvalue weighted by Crippen LogP contribution is -2.45. The molecule has 2 rings (SSSR count). The molecule has 0 aliphatic heterocycles. The SMILES string of the molecule is CC(C)[C@H]1C2=CC(=O)CCCCCCCC[C@H]1[C@@H](O[Si](C)(C)C(C)(C)C)C2. The van der Waals surface area contributed by atoms with Gasteiger partial charge in [0.25, 0.3) is 0 Å². The maximum atomic E-state index is 12.6. The van der Waals surface area contributed by atoms with Crippen molar-refractivity contribution in [3.63, 3.8) is 0 Å². The molecule has 0 spiro atoms. The molecule has 3 atom stereocenters. The van der Waals surface area contributed by atoms with Crippen LogP contribution in [0.5, 0.6) is 0 Å². The van der Waals surface area contributed by atoms with Crippen molar-refractivity contribution in [3.8, 4) is 0 Å². The third-order valence-corrected chi connectivity index (χ3v) is 11.8. The molecule has 0 amide bonds. The van der Waals surface area contributed by atoms with Crippen LogP contribution in [0.4, 0.5) is 0 Å². The second kappa shape index (κ2) is 9.39. The summed E-state index contributed by atoms with van der Waals surface area (Å²) in [5, 5.41) is 0.230. The summed E-state index contributed by atoms with van der Waals surface area (Å²) in [6.45, 7) is 16.4. The molecule has 0 unspecified atom stereocenters. The predicted octanol–water partition coefficient (Wildman–Crippen LogP) is 7.30. The highest BCUT2D eigenvalue weighted by molar-refractivity contribution is 6.74. The molecule has 156 valence electrons. The van der Waals surface area contributed by atoms with Crippen LogP contribution in [-0.4, -0.2) is 20.2 Å². The second-order valence-corrected chi connectivity index (χ2v) is 15.7. The molecule has 0 aromatic rings. The van der Waals surface area contributed by atoms with Crippen LogP contribution in [-0.2, 0) is 9.22 Å². The van der Waals surface area contributed by atoms with E-state index in [0.717, 1.165) is 19.3 Å². The van der Waals surface area contributed by atoms with Gasteiger partial charge in [0.15, 0.2) is 14.1 Å². The minimum atomic E-state index is -1.81. The Bertz CT molecular complexity index is 527. The van der Waals surface area contributed by atoms with Gasteiger partial charge in [-0.1, -0.05) is 72.3 Å². The lowest BCUT2D eigenvalue weighted by Gasteiger charge is -2.40. The van der Waals surface area contributed by atoms with E-state index in [1.54, 1.807) is 0 Å². The maximum absolute atomic E-state index is 12.6. The molecule has 0 heterocycles. The van der Waals surface area contributed by atoms with Gasteiger partial charge in [0.2, 0.25) is 0 Å². The van der Waals surface area contributed by atoms with E-state index in [4.69, 9.17) is 4.43 Å². The highest BCUT2D eigenvalue weighted by Crippen LogP contribution is 2.48. The molecule has 2 aliphatic rings. The fourth-order valence-corrected chi connectivity index (χ4v) is 6.19. The molecule has 0 saturated heterocycles. The van der Waals surface area contributed by atoms with Gasteiger partial charge in [-0.15, -0.1) is 0 Å². The van der Waals surface area contributed by atoms with Crippen molar-refractivity contribution in [1.82, 2.24) is 0 Å². The molecule has 1 saturated carbocycles. The van der Waals surface area contributed by atoms with Crippen LogP contribution in [0.1, 0.15) is 92.4 Å². The maximum Gasteiger partial charge on any atom is 0.192 e. The summed E-state index contributed by atoms with van der Waals surface area (Å²) in [5.41, 5.74) is 1.39. The molecule has 0 N–H and O–H groups in total. The van der Waals surface area contributed by atoms with E-state index in [9.17, 15) is 4.79 Å². The molecule has 0 aromatic heterocycles. The summed E-state index contributed by atoms with van der Waals surface area (Å²) in [6.07, 6.45) is 12.8. The quantitative estimate of drug-likeness (QED) is 0.471. The Balaban J connectivity index is 2.31. The summed E-state index contributed by atoms with van der Waals surface area (Å²) in [7, 11) is -1.81. The Labute approximate surface area is 169 Å². The van der Waals surface area contributed by atoms with Gasteiger partial charge in [0.1, 0.15) is 0 Å². The summed E-state index contributed by atoms with van der Waals surface area (Å²) in [6, 6.07) is 0. The van der Waals surface area contributed by atoms with Crippen molar-refractivity contribution in [2.45, 2.75) is 117 Å². The van der Waals surface area contributed by atoms with Crippen LogP contribution >= 0.6 is 0 Å². The lowest BCUT2D eigenvalue weighted by molar-refractivity contribution is -0.114. The van der Waals surface area contributed by atoms with Crippen LogP contribution in [0, 0.1) is 17.8 Å². The van der Waals surface area contributed by atoms with Gasteiger partial charge < -0.3 is 4.43 Å². The predicted molar refractivity (Wildman–Crippen MR) is 119 cm³/mol. The van der Waals surface area contributed by atoms with Gasteiger partial charge >= 0.3 is 0 Å². The summed E-state index contributed by atoms with van der Waals surface area (Å²) in [4.78, 5) is 12.6. The Morgan fingerprint density at radius 3 is 2.22 bits per heavy atom. The van der Waals surface area contributed by atoms with Gasteiger partial charge in [0.05, 0.1) is 6.10 Å². The Morgan fingerprint density at radius 1 is 1.04 bits per heavy atom. The average molecular weight is 393 g/mol. The van der Waals surface area contributed by atoms with Gasteiger partial charge in [-0.05, 0) is 61.2 Å². The number of rotatable bonds is 3. The molecule has 1 fully saturated rings. The van der Waals surface area contributed by atoms with E-state index < -0.39 is 8.32 Å². The zero-order valence-electron chi connectivity index (χ0n) is 19.1. The molecule has 0 aromatic carbocycles. The fourth-order valence-electron chi connectivity index (χ4n) is 4.82. The molecule has 2 nitrogen and oxygen atoms in total. The first-order chi connectivity index (χ1) is 12.5. The average Bonchev–Trinajstić information content (AvgIpc) is 2.85. The van der Waals surface area contributed by atoms with E-state index in [1.165, 1.54) is 44.1 Å². The molecular formula is C24H44O2Si. The topological polar surface area (TPSA) is 26.3 Å². The van der Waals surface area contributed by atoms with E-state index >= 15 is 0 Å². The standard InChI is InChI=1S/C24H44O2Si/c1-18(2)23-19-16-20(25)14-12-10-8-9-11-13-15-21(23)22(17-19)26-27(6,7)24(3,4)5/h16,18,21-23H,8-15,17H2,1-7H3/t21-,22-,23-/m0/s1. The molecular weight excluding hydrogens is 348 g/mol. The van der Waals surface area contributed by atoms with Crippen molar-refractivity contribution in [2.75, 3.05) is 0 Å². The first-order valence-corrected chi connectivity index (χ1v) is 14.3. The number of ketones is 1. The number of allylic oxidation sites excluding steroid dienone is 1. The Hall–Kier alpha value is -0.413. The molecule has 27 heavy (non-hydrogen) atoms. The van der Waals surface area contributed by atoms with Crippen molar-refractivity contribution in [1.29, 1.82) is 0 Å². The van der Waals surface area contributed by atoms with Crippen LogP contribution in [0.25, 0.3) is 0 Å². The molecule has 3 heteroatoms. The van der Waals surface area contributed by atoms with Crippen LogP contribution in [0.15, 0.2) is 11.6 Å². The van der Waals surface area contributed by atoms with Crippen molar-refractivity contribution >= 4 is 14.1 Å². The second-order valence-electron chi connectivity index (χ2n) is 10.9. The number of hydrogen-bond donors (Lipinski definition) is 0. The first kappa shape index (κ1) is 22.9. The number of hydrogen-bond acceptors (Lipinski definition) is 2. The van der Waals surface area contributed by atoms with Gasteiger partial charge in [-0.25, -0.2) is 0 Å². The van der Waals surface area contributed by atoms with Gasteiger partial charge in [-0.3, -0.25) is 4.79 Å². The van der Waals surface area contributed by atoms with Crippen LogP contribution < -0.4 is 0 Å². The summed E-state index contributed by atoms with van der Waals surface area (Å²) >= 11 is 0. The van der Waals surface area contributed by atoms with Gasteiger partial charge in [-0.2, -0.15) is 0 Å². The van der Waals surface area contributed by atoms with Crippen LogP contribution in [0.2, 0.25) is 18.1 Å². The zero-order valence-corrected chi connectivity index (χ0v) is 20.1. The molecule has 2 bridgehead atoms. The third kappa shape index (κ3) is 6.03. The fraction of sp³-hybridized carbons (Fsp3) is 0.875. The van der Waals surface area contributed by atoms with Crippen LogP contribution in [0.3, 0.4) is 0 Å². The Kier molecular flexibility index (Phi) is 7.95. The van der Waals surface area contributed by atoms with Crippen molar-refractivity contribution < 1.29 is 9.22 Å². The monoisotopic (exact) mass is 392 g/mol. The minimum absolute atomic E-state index is 0.230. The Morgan fingerprint density at radius 2 is 1.63 bits per heavy atom. The first-order valence-electron chi connectivity index (χ1n) is 11.4. The van der Waals surface area contributed by atoms with E-state index in [1.807, 2.05) is 6.08 Å². The van der Waals surface area contributed by atoms with E-state index in [0.29, 0.717) is 29.6 Å². The number of carbonyl (C=O) groups is 1. The normalized spacial score (nSPS) is 29.1. The van der Waals surface area contributed by atoms with E-state index in [2.05, 4.69) is 47.7 Å². The van der Waals surface area contributed by atoms with Crippen molar-refractivity contribution in [3.05, 3.63) is 11.6 Å². The van der Waals surface area contributed by atoms with E-state index in [-0.39, 0.29) is 5.04 Å². The van der Waals surface area contributed by atoms with Crippen molar-refractivity contribution in [2.24, 2.45) is 17.8 Å². The largest absolute Gasteiger partial charge is 0.413 e. The molecule has 2 aliphatic carbocycles. The lowest BCUT2D eigenvalue weighted by atomic mass is 9.80. The third-order valence-electron chi connectivity index (χ3n) is 7.33. The summed E-state index contributed by atoms with van der Waals surface area (Å²) < 4.78 is 6.96. The number of carbonyl (C=O) groups excluding carboxylic acids is 1. The summed E-state index contributed by atoms with van der Waals surface area (Å²) in [5.74, 6) is 2.03. The smallest absolute Gasteiger partial charge is 0.192 e. The molecule has 0 radical (unpaired) electrons. The van der Waals surface area contributed by atoms with Gasteiger partial charge in [0, 0.05) is 6.42 Å². The highest BCUT2D eigenvalue weighted by atomic mass is 28.4. The highest BCUT2D eigenvalue weighted by Gasteiger charge is 2.46.